The van der Waals surface area contributed by atoms with E-state index in [0.29, 0.717) is 5.13 Å². The van der Waals surface area contributed by atoms with Crippen LogP contribution >= 0.6 is 11.3 Å². The summed E-state index contributed by atoms with van der Waals surface area (Å²) in [6, 6.07) is 4.26. The standard InChI is InChI=1S/C15H15N3OS/c1-15(2)10-6-9(11-7-20-14(16)17-11)5-8-3-4-18(12(8)10)13(15)19/h5-7H,3-4H2,1-2H3,(H2,16,17). The molecule has 0 spiro atoms. The van der Waals surface area contributed by atoms with Gasteiger partial charge in [0.2, 0.25) is 5.91 Å². The van der Waals surface area contributed by atoms with E-state index in [1.54, 1.807) is 0 Å². The normalized spacial score (nSPS) is 18.7. The Morgan fingerprint density at radius 2 is 2.20 bits per heavy atom. The molecule has 4 nitrogen and oxygen atoms in total. The summed E-state index contributed by atoms with van der Waals surface area (Å²) < 4.78 is 0. The van der Waals surface area contributed by atoms with Crippen LogP contribution in [0.3, 0.4) is 0 Å². The molecule has 1 aromatic heterocycles. The Labute approximate surface area is 121 Å². The third-order valence-electron chi connectivity index (χ3n) is 4.33. The molecular formula is C15H15N3OS. The number of hydrogen-bond acceptors (Lipinski definition) is 4. The highest BCUT2D eigenvalue weighted by molar-refractivity contribution is 7.13. The summed E-state index contributed by atoms with van der Waals surface area (Å²) >= 11 is 1.45. The van der Waals surface area contributed by atoms with Crippen LogP contribution in [0.1, 0.15) is 25.0 Å². The lowest BCUT2D eigenvalue weighted by Crippen LogP contribution is -2.35. The zero-order chi connectivity index (χ0) is 14.1. The summed E-state index contributed by atoms with van der Waals surface area (Å²) in [6.07, 6.45) is 0.928. The second-order valence-electron chi connectivity index (χ2n) is 5.93. The molecule has 4 rings (SSSR count). The smallest absolute Gasteiger partial charge is 0.237 e. The molecule has 20 heavy (non-hydrogen) atoms. The number of carbonyl (C=O) groups is 1. The van der Waals surface area contributed by atoms with Gasteiger partial charge in [-0.2, -0.15) is 0 Å². The number of rotatable bonds is 1. The number of benzene rings is 1. The van der Waals surface area contributed by atoms with Gasteiger partial charge in [-0.15, -0.1) is 11.3 Å². The minimum absolute atomic E-state index is 0.209. The fraction of sp³-hybridized carbons (Fsp3) is 0.333. The fourth-order valence-electron chi connectivity index (χ4n) is 3.25. The number of anilines is 2. The van der Waals surface area contributed by atoms with Crippen molar-refractivity contribution in [3.05, 3.63) is 28.6 Å². The van der Waals surface area contributed by atoms with Crippen LogP contribution in [-0.4, -0.2) is 17.4 Å². The maximum atomic E-state index is 12.5. The fourth-order valence-corrected chi connectivity index (χ4v) is 3.82. The average Bonchev–Trinajstić information content (AvgIpc) is 3.06. The molecule has 5 heteroatoms. The highest BCUT2D eigenvalue weighted by Crippen LogP contribution is 2.48. The van der Waals surface area contributed by atoms with E-state index in [4.69, 9.17) is 5.73 Å². The number of nitrogen functional groups attached to an aromatic ring is 1. The van der Waals surface area contributed by atoms with Gasteiger partial charge in [0.1, 0.15) is 0 Å². The zero-order valence-electron chi connectivity index (χ0n) is 11.4. The van der Waals surface area contributed by atoms with Gasteiger partial charge in [-0.3, -0.25) is 4.79 Å². The lowest BCUT2D eigenvalue weighted by Gasteiger charge is -2.19. The monoisotopic (exact) mass is 285 g/mol. The highest BCUT2D eigenvalue weighted by Gasteiger charge is 2.47. The third kappa shape index (κ3) is 1.36. The minimum atomic E-state index is -0.442. The van der Waals surface area contributed by atoms with Gasteiger partial charge in [0.05, 0.1) is 16.8 Å². The Morgan fingerprint density at radius 1 is 1.40 bits per heavy atom. The predicted molar refractivity (Wildman–Crippen MR) is 81.0 cm³/mol. The van der Waals surface area contributed by atoms with Crippen molar-refractivity contribution in [3.8, 4) is 11.3 Å². The predicted octanol–water partition coefficient (Wildman–Crippen LogP) is 2.57. The van der Waals surface area contributed by atoms with Crippen molar-refractivity contribution in [1.82, 2.24) is 4.98 Å². The van der Waals surface area contributed by atoms with Crippen LogP contribution < -0.4 is 10.6 Å². The highest BCUT2D eigenvalue weighted by atomic mass is 32.1. The number of hydrogen-bond donors (Lipinski definition) is 1. The number of nitrogens with zero attached hydrogens (tertiary/aromatic N) is 2. The van der Waals surface area contributed by atoms with Crippen molar-refractivity contribution in [2.75, 3.05) is 17.2 Å². The number of amides is 1. The molecule has 0 radical (unpaired) electrons. The number of aromatic nitrogens is 1. The second-order valence-corrected chi connectivity index (χ2v) is 6.82. The van der Waals surface area contributed by atoms with Crippen molar-refractivity contribution in [1.29, 1.82) is 0 Å². The zero-order valence-corrected chi connectivity index (χ0v) is 12.3. The van der Waals surface area contributed by atoms with Gasteiger partial charge in [-0.05, 0) is 43.5 Å². The van der Waals surface area contributed by atoms with E-state index in [1.807, 2.05) is 24.1 Å². The van der Waals surface area contributed by atoms with E-state index in [-0.39, 0.29) is 5.91 Å². The van der Waals surface area contributed by atoms with Crippen LogP contribution in [0.25, 0.3) is 11.3 Å². The SMILES string of the molecule is CC1(C)C(=O)N2CCc3cc(-c4csc(N)n4)cc1c32. The molecule has 0 saturated heterocycles. The first-order valence-electron chi connectivity index (χ1n) is 6.69. The first kappa shape index (κ1) is 11.9. The molecule has 102 valence electrons. The largest absolute Gasteiger partial charge is 0.375 e. The first-order valence-corrected chi connectivity index (χ1v) is 7.57. The molecule has 0 unspecified atom stereocenters. The van der Waals surface area contributed by atoms with Gasteiger partial charge in [0, 0.05) is 17.5 Å². The Morgan fingerprint density at radius 3 is 2.90 bits per heavy atom. The lowest BCUT2D eigenvalue weighted by atomic mass is 9.83. The van der Waals surface area contributed by atoms with Crippen LogP contribution in [0.5, 0.6) is 0 Å². The van der Waals surface area contributed by atoms with Crippen molar-refractivity contribution in [2.24, 2.45) is 0 Å². The summed E-state index contributed by atoms with van der Waals surface area (Å²) in [5.74, 6) is 0.209. The number of nitrogens with two attached hydrogens (primary N) is 1. The summed E-state index contributed by atoms with van der Waals surface area (Å²) in [4.78, 5) is 18.8. The van der Waals surface area contributed by atoms with Gasteiger partial charge in [-0.1, -0.05) is 0 Å². The molecule has 1 aromatic carbocycles. The van der Waals surface area contributed by atoms with Gasteiger partial charge in [-0.25, -0.2) is 4.98 Å². The van der Waals surface area contributed by atoms with Crippen LogP contribution in [0.4, 0.5) is 10.8 Å². The van der Waals surface area contributed by atoms with E-state index in [2.05, 4.69) is 17.1 Å². The number of thiazole rings is 1. The average molecular weight is 285 g/mol. The molecule has 0 saturated carbocycles. The lowest BCUT2D eigenvalue weighted by molar-refractivity contribution is -0.122. The van der Waals surface area contributed by atoms with E-state index < -0.39 is 5.41 Å². The first-order chi connectivity index (χ1) is 9.48. The molecule has 2 aliphatic heterocycles. The maximum absolute atomic E-state index is 12.5. The van der Waals surface area contributed by atoms with Crippen molar-refractivity contribution < 1.29 is 4.79 Å². The second kappa shape index (κ2) is 3.61. The molecule has 2 N–H and O–H groups in total. The van der Waals surface area contributed by atoms with Crippen LogP contribution in [0.2, 0.25) is 0 Å². The molecule has 0 bridgehead atoms. The van der Waals surface area contributed by atoms with E-state index in [9.17, 15) is 4.79 Å². The summed E-state index contributed by atoms with van der Waals surface area (Å²) in [6.45, 7) is 4.80. The Kier molecular flexibility index (Phi) is 2.15. The third-order valence-corrected chi connectivity index (χ3v) is 5.01. The van der Waals surface area contributed by atoms with Crippen molar-refractivity contribution >= 4 is 28.1 Å². The molecule has 0 fully saturated rings. The Bertz CT molecular complexity index is 748. The molecular weight excluding hydrogens is 270 g/mol. The van der Waals surface area contributed by atoms with E-state index in [0.717, 1.165) is 35.5 Å². The van der Waals surface area contributed by atoms with Crippen LogP contribution in [-0.2, 0) is 16.6 Å². The van der Waals surface area contributed by atoms with Crippen LogP contribution in [0.15, 0.2) is 17.5 Å². The van der Waals surface area contributed by atoms with Crippen LogP contribution in [0, 0.1) is 0 Å². The molecule has 2 aromatic rings. The number of carbonyl (C=O) groups excluding carboxylic acids is 1. The molecule has 3 heterocycles. The van der Waals surface area contributed by atoms with E-state index in [1.165, 1.54) is 16.9 Å². The summed E-state index contributed by atoms with van der Waals surface area (Å²) in [5, 5.41) is 2.55. The van der Waals surface area contributed by atoms with Gasteiger partial charge >= 0.3 is 0 Å². The summed E-state index contributed by atoms with van der Waals surface area (Å²) in [5.41, 5.74) is 10.8. The quantitative estimate of drug-likeness (QED) is 0.876. The van der Waals surface area contributed by atoms with Gasteiger partial charge in [0.25, 0.3) is 0 Å². The van der Waals surface area contributed by atoms with E-state index >= 15 is 0 Å². The Hall–Kier alpha value is -1.88. The van der Waals surface area contributed by atoms with Crippen molar-refractivity contribution in [2.45, 2.75) is 25.7 Å². The summed E-state index contributed by atoms with van der Waals surface area (Å²) in [7, 11) is 0. The van der Waals surface area contributed by atoms with Gasteiger partial charge in [0.15, 0.2) is 5.13 Å². The molecule has 0 atom stereocenters. The Balaban J connectivity index is 1.96. The molecule has 0 aliphatic carbocycles. The maximum Gasteiger partial charge on any atom is 0.237 e. The minimum Gasteiger partial charge on any atom is -0.375 e. The topological polar surface area (TPSA) is 59.2 Å². The van der Waals surface area contributed by atoms with Gasteiger partial charge < -0.3 is 10.6 Å². The van der Waals surface area contributed by atoms with Crippen molar-refractivity contribution in [3.63, 3.8) is 0 Å². The molecule has 1 amide bonds. The molecule has 2 aliphatic rings.